The molecule has 1 unspecified atom stereocenters. The fourth-order valence-corrected chi connectivity index (χ4v) is 1.74. The molecule has 1 aromatic heterocycles. The summed E-state index contributed by atoms with van der Waals surface area (Å²) in [6.07, 6.45) is 5.93. The number of carboxylic acids is 1. The Kier molecular flexibility index (Phi) is 2.36. The van der Waals surface area contributed by atoms with E-state index in [0.29, 0.717) is 12.2 Å². The first-order chi connectivity index (χ1) is 7.12. The van der Waals surface area contributed by atoms with Crippen molar-refractivity contribution >= 4 is 5.97 Å². The van der Waals surface area contributed by atoms with Gasteiger partial charge >= 0.3 is 5.97 Å². The first-order valence-corrected chi connectivity index (χ1v) is 4.85. The van der Waals surface area contributed by atoms with E-state index in [1.807, 2.05) is 6.08 Å². The minimum absolute atomic E-state index is 0.141. The van der Waals surface area contributed by atoms with Gasteiger partial charge in [0.2, 0.25) is 5.76 Å². The van der Waals surface area contributed by atoms with Gasteiger partial charge < -0.3 is 14.6 Å². The third-order valence-electron chi connectivity index (χ3n) is 2.57. The number of allylic oxidation sites excluding steroid dienone is 1. The number of aromatic carboxylic acids is 1. The van der Waals surface area contributed by atoms with E-state index >= 15 is 0 Å². The van der Waals surface area contributed by atoms with Crippen molar-refractivity contribution in [2.45, 2.75) is 24.9 Å². The Labute approximate surface area is 86.8 Å². The van der Waals surface area contributed by atoms with Gasteiger partial charge in [-0.25, -0.2) is 4.79 Å². The van der Waals surface area contributed by atoms with E-state index in [0.717, 1.165) is 12.8 Å². The topological polar surface area (TPSA) is 70.7 Å². The van der Waals surface area contributed by atoms with Gasteiger partial charge in [0, 0.05) is 0 Å². The van der Waals surface area contributed by atoms with Gasteiger partial charge in [0.15, 0.2) is 0 Å². The standard InChI is InChI=1S/C11H12O4/c12-10(13)8-4-5-9(15-8)11(14)6-2-1-3-7-11/h2,4-6,14H,1,3,7H2,(H,12,13). The molecule has 0 aliphatic heterocycles. The molecule has 1 aliphatic rings. The molecule has 80 valence electrons. The molecule has 1 aromatic rings. The predicted octanol–water partition coefficient (Wildman–Crippen LogP) is 1.91. The number of hydrogen-bond acceptors (Lipinski definition) is 3. The lowest BCUT2D eigenvalue weighted by Crippen LogP contribution is -2.24. The first-order valence-electron chi connectivity index (χ1n) is 4.85. The van der Waals surface area contributed by atoms with Gasteiger partial charge in [-0.3, -0.25) is 0 Å². The average Bonchev–Trinajstić information content (AvgIpc) is 2.68. The molecule has 4 nitrogen and oxygen atoms in total. The molecule has 15 heavy (non-hydrogen) atoms. The molecule has 1 atom stereocenters. The minimum Gasteiger partial charge on any atom is -0.475 e. The maximum Gasteiger partial charge on any atom is 0.371 e. The first kappa shape index (κ1) is 9.98. The Morgan fingerprint density at radius 2 is 2.27 bits per heavy atom. The zero-order valence-corrected chi connectivity index (χ0v) is 8.14. The maximum absolute atomic E-state index is 10.6. The van der Waals surface area contributed by atoms with Gasteiger partial charge in [-0.2, -0.15) is 0 Å². The smallest absolute Gasteiger partial charge is 0.371 e. The molecule has 0 radical (unpaired) electrons. The van der Waals surface area contributed by atoms with E-state index in [1.54, 1.807) is 6.08 Å². The van der Waals surface area contributed by atoms with Gasteiger partial charge in [-0.15, -0.1) is 0 Å². The number of hydrogen-bond donors (Lipinski definition) is 2. The summed E-state index contributed by atoms with van der Waals surface area (Å²) in [6, 6.07) is 2.87. The van der Waals surface area contributed by atoms with E-state index in [2.05, 4.69) is 0 Å². The molecule has 2 N–H and O–H groups in total. The van der Waals surface area contributed by atoms with Crippen molar-refractivity contribution < 1.29 is 19.4 Å². The largest absolute Gasteiger partial charge is 0.475 e. The molecule has 0 aromatic carbocycles. The highest BCUT2D eigenvalue weighted by atomic mass is 16.4. The Bertz CT molecular complexity index is 404. The van der Waals surface area contributed by atoms with Gasteiger partial charge in [0.1, 0.15) is 11.4 Å². The monoisotopic (exact) mass is 208 g/mol. The Hall–Kier alpha value is -1.55. The maximum atomic E-state index is 10.6. The van der Waals surface area contributed by atoms with Crippen molar-refractivity contribution in [3.63, 3.8) is 0 Å². The van der Waals surface area contributed by atoms with Gasteiger partial charge in [-0.1, -0.05) is 6.08 Å². The summed E-state index contributed by atoms with van der Waals surface area (Å²) in [5.74, 6) is -0.960. The lowest BCUT2D eigenvalue weighted by Gasteiger charge is -2.24. The molecule has 0 spiro atoms. The molecule has 0 saturated heterocycles. The quantitative estimate of drug-likeness (QED) is 0.728. The summed E-state index contributed by atoms with van der Waals surface area (Å²) >= 11 is 0. The highest BCUT2D eigenvalue weighted by molar-refractivity contribution is 5.84. The van der Waals surface area contributed by atoms with E-state index in [9.17, 15) is 9.90 Å². The highest BCUT2D eigenvalue weighted by Crippen LogP contribution is 2.33. The molecule has 0 amide bonds. The van der Waals surface area contributed by atoms with Crippen molar-refractivity contribution in [2.75, 3.05) is 0 Å². The second kappa shape index (κ2) is 3.55. The van der Waals surface area contributed by atoms with Gasteiger partial charge in [-0.05, 0) is 37.5 Å². The molecule has 2 rings (SSSR count). The van der Waals surface area contributed by atoms with Crippen LogP contribution < -0.4 is 0 Å². The van der Waals surface area contributed by atoms with E-state index < -0.39 is 11.6 Å². The highest BCUT2D eigenvalue weighted by Gasteiger charge is 2.31. The summed E-state index contributed by atoms with van der Waals surface area (Å²) in [5.41, 5.74) is -1.13. The van der Waals surface area contributed by atoms with Crippen molar-refractivity contribution in [3.05, 3.63) is 35.8 Å². The van der Waals surface area contributed by atoms with Crippen LogP contribution in [-0.2, 0) is 5.60 Å². The van der Waals surface area contributed by atoms with Crippen molar-refractivity contribution in [2.24, 2.45) is 0 Å². The molecule has 0 saturated carbocycles. The second-order valence-electron chi connectivity index (χ2n) is 3.69. The summed E-state index contributed by atoms with van der Waals surface area (Å²) in [5, 5.41) is 18.9. The second-order valence-corrected chi connectivity index (χ2v) is 3.69. The SMILES string of the molecule is O=C(O)c1ccc(C2(O)C=CCCC2)o1. The molecular weight excluding hydrogens is 196 g/mol. The van der Waals surface area contributed by atoms with E-state index in [-0.39, 0.29) is 5.76 Å². The Morgan fingerprint density at radius 3 is 2.80 bits per heavy atom. The van der Waals surface area contributed by atoms with Crippen LogP contribution in [0.25, 0.3) is 0 Å². The minimum atomic E-state index is -1.13. The van der Waals surface area contributed by atoms with Crippen molar-refractivity contribution in [1.82, 2.24) is 0 Å². The average molecular weight is 208 g/mol. The molecule has 0 bridgehead atoms. The van der Waals surface area contributed by atoms with Gasteiger partial charge in [0.05, 0.1) is 0 Å². The Balaban J connectivity index is 2.32. The molecule has 0 fully saturated rings. The number of carbonyl (C=O) groups is 1. The molecule has 1 heterocycles. The fraction of sp³-hybridized carbons (Fsp3) is 0.364. The summed E-state index contributed by atoms with van der Waals surface area (Å²) in [7, 11) is 0. The van der Waals surface area contributed by atoms with Crippen LogP contribution in [0.2, 0.25) is 0 Å². The van der Waals surface area contributed by atoms with Crippen LogP contribution in [0.3, 0.4) is 0 Å². The summed E-state index contributed by atoms with van der Waals surface area (Å²) in [4.78, 5) is 10.6. The van der Waals surface area contributed by atoms with E-state index in [1.165, 1.54) is 12.1 Å². The number of rotatable bonds is 2. The van der Waals surface area contributed by atoms with Crippen LogP contribution in [0.5, 0.6) is 0 Å². The number of furan rings is 1. The van der Waals surface area contributed by atoms with Gasteiger partial charge in [0.25, 0.3) is 0 Å². The van der Waals surface area contributed by atoms with Crippen LogP contribution in [0.15, 0.2) is 28.7 Å². The lowest BCUT2D eigenvalue weighted by atomic mass is 9.89. The number of aliphatic hydroxyl groups is 1. The third-order valence-corrected chi connectivity index (χ3v) is 2.57. The van der Waals surface area contributed by atoms with Crippen LogP contribution in [0.4, 0.5) is 0 Å². The Morgan fingerprint density at radius 1 is 1.47 bits per heavy atom. The number of carboxylic acid groups (broad SMARTS) is 1. The van der Waals surface area contributed by atoms with Crippen LogP contribution in [0.1, 0.15) is 35.6 Å². The predicted molar refractivity (Wildman–Crippen MR) is 52.6 cm³/mol. The lowest BCUT2D eigenvalue weighted by molar-refractivity contribution is 0.0449. The van der Waals surface area contributed by atoms with E-state index in [4.69, 9.17) is 9.52 Å². The zero-order chi connectivity index (χ0) is 10.9. The molecule has 4 heteroatoms. The van der Waals surface area contributed by atoms with Crippen LogP contribution in [-0.4, -0.2) is 16.2 Å². The molecule has 1 aliphatic carbocycles. The van der Waals surface area contributed by atoms with Crippen LogP contribution in [0, 0.1) is 0 Å². The summed E-state index contributed by atoms with van der Waals surface area (Å²) in [6.45, 7) is 0. The van der Waals surface area contributed by atoms with Crippen molar-refractivity contribution in [3.8, 4) is 0 Å². The fourth-order valence-electron chi connectivity index (χ4n) is 1.74. The normalized spacial score (nSPS) is 25.4. The zero-order valence-electron chi connectivity index (χ0n) is 8.14. The van der Waals surface area contributed by atoms with Crippen LogP contribution >= 0.6 is 0 Å². The molecular formula is C11H12O4. The third kappa shape index (κ3) is 1.80. The summed E-state index contributed by atoms with van der Waals surface area (Å²) < 4.78 is 5.09. The van der Waals surface area contributed by atoms with Crippen molar-refractivity contribution in [1.29, 1.82) is 0 Å².